The monoisotopic (exact) mass is 172 g/mol. The molecule has 0 nitrogen and oxygen atoms in total. The van der Waals surface area contributed by atoms with Crippen LogP contribution in [0.15, 0.2) is 0 Å². The van der Waals surface area contributed by atoms with Crippen LogP contribution in [-0.4, -0.2) is 9.91 Å². The van der Waals surface area contributed by atoms with Crippen molar-refractivity contribution in [2.45, 2.75) is 4.58 Å². The molecule has 0 aromatic rings. The van der Waals surface area contributed by atoms with Crippen LogP contribution in [0, 0.1) is 0 Å². The van der Waals surface area contributed by atoms with Gasteiger partial charge in [-0.05, 0) is 0 Å². The predicted molar refractivity (Wildman–Crippen MR) is 35.6 cm³/mol. The zero-order valence-corrected chi connectivity index (χ0v) is 5.93. The summed E-state index contributed by atoms with van der Waals surface area (Å²) in [5.41, 5.74) is 0. The zero-order chi connectivity index (χ0) is 4.28. The number of halogens is 1. The predicted octanol–water partition coefficient (Wildman–Crippen LogP) is 1.57. The van der Waals surface area contributed by atoms with Crippen LogP contribution in [0.3, 0.4) is 0 Å². The lowest BCUT2D eigenvalue weighted by Gasteiger charge is -1.87. The van der Waals surface area contributed by atoms with Crippen LogP contribution in [0.4, 0.5) is 0 Å². The van der Waals surface area contributed by atoms with E-state index in [1.165, 1.54) is 0 Å². The molecule has 0 N–H and O–H groups in total. The second-order valence-corrected chi connectivity index (χ2v) is 2.94. The number of rotatable bonds is 1. The highest BCUT2D eigenvalue weighted by molar-refractivity contribution is 9.09. The van der Waals surface area contributed by atoms with E-state index in [9.17, 15) is 0 Å². The Bertz CT molecular complexity index is 21.6. The molecule has 32 valence electrons. The molecule has 3 heteroatoms. The molecule has 0 rings (SSSR count). The van der Waals surface area contributed by atoms with Crippen molar-refractivity contribution < 1.29 is 0 Å². The molecular formula is C2H5BrS2. The Balaban J connectivity index is 2.54. The van der Waals surface area contributed by atoms with Gasteiger partial charge in [-0.3, -0.25) is 0 Å². The Hall–Kier alpha value is 1.18. The van der Waals surface area contributed by atoms with Crippen LogP contribution in [0.25, 0.3) is 0 Å². The molecule has 0 fully saturated rings. The fourth-order valence-electron chi connectivity index (χ4n) is 0. The molecule has 0 saturated heterocycles. The first-order valence-electron chi connectivity index (χ1n) is 1.19. The molecule has 0 aromatic heterocycles. The summed E-state index contributed by atoms with van der Waals surface area (Å²) in [6, 6.07) is 0. The van der Waals surface area contributed by atoms with Gasteiger partial charge in [-0.2, -0.15) is 25.3 Å². The summed E-state index contributed by atoms with van der Waals surface area (Å²) >= 11 is 11.0. The molecule has 0 aliphatic rings. The molecule has 5 heavy (non-hydrogen) atoms. The van der Waals surface area contributed by atoms with E-state index < -0.39 is 0 Å². The van der Waals surface area contributed by atoms with Crippen molar-refractivity contribution in [1.82, 2.24) is 0 Å². The van der Waals surface area contributed by atoms with Gasteiger partial charge in [-0.15, -0.1) is 0 Å². The number of hydrogen-bond donors (Lipinski definition) is 2. The first kappa shape index (κ1) is 6.18. The van der Waals surface area contributed by atoms with Gasteiger partial charge in [0.15, 0.2) is 0 Å². The van der Waals surface area contributed by atoms with Crippen molar-refractivity contribution in [3.63, 3.8) is 0 Å². The summed E-state index contributed by atoms with van der Waals surface area (Å²) in [7, 11) is 0. The first-order valence-corrected chi connectivity index (χ1v) is 3.35. The van der Waals surface area contributed by atoms with Crippen LogP contribution < -0.4 is 0 Å². The van der Waals surface area contributed by atoms with E-state index in [-0.39, 0.29) is 4.58 Å². The molecule has 0 bridgehead atoms. The lowest BCUT2D eigenvalue weighted by Crippen LogP contribution is -1.82. The summed E-state index contributed by atoms with van der Waals surface area (Å²) < 4.78 is 0.190. The van der Waals surface area contributed by atoms with Crippen molar-refractivity contribution >= 4 is 41.2 Å². The smallest absolute Gasteiger partial charge is 0.0538 e. The normalized spacial score (nSPS) is 9.60. The van der Waals surface area contributed by atoms with Gasteiger partial charge >= 0.3 is 0 Å². The van der Waals surface area contributed by atoms with Gasteiger partial charge in [-0.25, -0.2) is 0 Å². The molecular weight excluding hydrogens is 168 g/mol. The van der Waals surface area contributed by atoms with Crippen molar-refractivity contribution in [1.29, 1.82) is 0 Å². The largest absolute Gasteiger partial charge is 0.164 e. The maximum Gasteiger partial charge on any atom is 0.0538 e. The highest BCUT2D eigenvalue weighted by Crippen LogP contribution is 2.01. The van der Waals surface area contributed by atoms with Gasteiger partial charge in [0.1, 0.15) is 0 Å². The fourth-order valence-corrected chi connectivity index (χ4v) is 0. The van der Waals surface area contributed by atoms with Crippen molar-refractivity contribution in [2.24, 2.45) is 0 Å². The lowest BCUT2D eigenvalue weighted by atomic mass is 11.0. The van der Waals surface area contributed by atoms with E-state index in [0.29, 0.717) is 0 Å². The van der Waals surface area contributed by atoms with Crippen molar-refractivity contribution in [3.05, 3.63) is 0 Å². The third-order valence-electron chi connectivity index (χ3n) is 0.138. The van der Waals surface area contributed by atoms with Gasteiger partial charge in [0, 0.05) is 5.33 Å². The molecule has 0 atom stereocenters. The minimum absolute atomic E-state index is 0.190. The van der Waals surface area contributed by atoms with E-state index in [2.05, 4.69) is 41.2 Å². The van der Waals surface area contributed by atoms with E-state index in [0.717, 1.165) is 5.33 Å². The van der Waals surface area contributed by atoms with E-state index in [1.54, 1.807) is 0 Å². The Morgan fingerprint density at radius 2 is 1.80 bits per heavy atom. The minimum atomic E-state index is 0.190. The van der Waals surface area contributed by atoms with Gasteiger partial charge < -0.3 is 0 Å². The lowest BCUT2D eigenvalue weighted by molar-refractivity contribution is 1.50. The number of hydrogen-bond acceptors (Lipinski definition) is 2. The third kappa shape index (κ3) is 5.18. The summed E-state index contributed by atoms with van der Waals surface area (Å²) in [5, 5.41) is 0.846. The van der Waals surface area contributed by atoms with Crippen LogP contribution in [0.2, 0.25) is 0 Å². The number of alkyl halides is 1. The summed E-state index contributed by atoms with van der Waals surface area (Å²) in [6.07, 6.45) is 0. The first-order chi connectivity index (χ1) is 2.27. The Labute approximate surface area is 51.3 Å². The standard InChI is InChI=1S/C2H5BrS2/c3-1-2(4)5/h2,4-5H,1H2. The molecule has 0 heterocycles. The van der Waals surface area contributed by atoms with Gasteiger partial charge in [0.2, 0.25) is 0 Å². The van der Waals surface area contributed by atoms with Gasteiger partial charge in [0.25, 0.3) is 0 Å². The van der Waals surface area contributed by atoms with Crippen LogP contribution in [0.5, 0.6) is 0 Å². The Kier molecular flexibility index (Phi) is 4.17. The highest BCUT2D eigenvalue weighted by Gasteiger charge is 1.83. The summed E-state index contributed by atoms with van der Waals surface area (Å²) in [4.78, 5) is 0. The van der Waals surface area contributed by atoms with Crippen LogP contribution in [-0.2, 0) is 0 Å². The molecule has 0 amide bonds. The van der Waals surface area contributed by atoms with E-state index in [1.807, 2.05) is 0 Å². The molecule has 0 saturated carbocycles. The topological polar surface area (TPSA) is 0 Å². The van der Waals surface area contributed by atoms with Crippen LogP contribution >= 0.6 is 41.2 Å². The average molecular weight is 173 g/mol. The third-order valence-corrected chi connectivity index (χ3v) is 2.15. The van der Waals surface area contributed by atoms with Gasteiger partial charge in [-0.1, -0.05) is 15.9 Å². The average Bonchev–Trinajstić information content (AvgIpc) is 1.38. The van der Waals surface area contributed by atoms with E-state index >= 15 is 0 Å². The molecule has 0 aliphatic heterocycles. The quantitative estimate of drug-likeness (QED) is 0.335. The van der Waals surface area contributed by atoms with Crippen molar-refractivity contribution in [2.75, 3.05) is 5.33 Å². The molecule has 0 unspecified atom stereocenters. The number of thiol groups is 2. The molecule has 0 aromatic carbocycles. The SMILES string of the molecule is SC(S)CBr. The molecule has 0 spiro atoms. The Morgan fingerprint density at radius 1 is 1.60 bits per heavy atom. The van der Waals surface area contributed by atoms with Gasteiger partial charge in [0.05, 0.1) is 4.58 Å². The maximum absolute atomic E-state index is 3.92. The second kappa shape index (κ2) is 3.37. The van der Waals surface area contributed by atoms with Crippen LogP contribution in [0.1, 0.15) is 0 Å². The Morgan fingerprint density at radius 3 is 1.80 bits per heavy atom. The molecule has 0 aliphatic carbocycles. The highest BCUT2D eigenvalue weighted by atomic mass is 79.9. The minimum Gasteiger partial charge on any atom is -0.164 e. The summed E-state index contributed by atoms with van der Waals surface area (Å²) in [6.45, 7) is 0. The zero-order valence-electron chi connectivity index (χ0n) is 2.56. The maximum atomic E-state index is 3.92. The van der Waals surface area contributed by atoms with E-state index in [4.69, 9.17) is 0 Å². The summed E-state index contributed by atoms with van der Waals surface area (Å²) in [5.74, 6) is 0. The fraction of sp³-hybridized carbons (Fsp3) is 1.00. The second-order valence-electron chi connectivity index (χ2n) is 0.635. The van der Waals surface area contributed by atoms with Crippen molar-refractivity contribution in [3.8, 4) is 0 Å². The molecule has 0 radical (unpaired) electrons.